The summed E-state index contributed by atoms with van der Waals surface area (Å²) in [6.07, 6.45) is -0.515. The summed E-state index contributed by atoms with van der Waals surface area (Å²) in [5.74, 6) is 0.791. The molecule has 1 aromatic rings. The molecule has 1 aliphatic heterocycles. The standard InChI is InChI=1S/C17H26N4O4S.HI/c1-17(2)12-21(9-10-26(17,23)24)15(18-3)19-11-13-5-7-14(8-6-13)20-16(22)25-4;/h5-8H,9-12H2,1-4H3,(H,18,19)(H,20,22);1H. The zero-order valence-corrected chi connectivity index (χ0v) is 19.1. The average molecular weight is 510 g/mol. The molecule has 27 heavy (non-hydrogen) atoms. The fourth-order valence-corrected chi connectivity index (χ4v) is 4.08. The first kappa shape index (κ1) is 23.5. The topological polar surface area (TPSA) is 100 Å². The lowest BCUT2D eigenvalue weighted by Crippen LogP contribution is -2.57. The SMILES string of the molecule is CN=C(NCc1ccc(NC(=O)OC)cc1)N1CCS(=O)(=O)C(C)(C)C1.I. The molecular weight excluding hydrogens is 483 g/mol. The van der Waals surface area contributed by atoms with Gasteiger partial charge in [-0.1, -0.05) is 12.1 Å². The number of hydrogen-bond donors (Lipinski definition) is 2. The van der Waals surface area contributed by atoms with Crippen LogP contribution in [0.3, 0.4) is 0 Å². The van der Waals surface area contributed by atoms with Crippen molar-refractivity contribution in [3.63, 3.8) is 0 Å². The van der Waals surface area contributed by atoms with Crippen molar-refractivity contribution in [1.29, 1.82) is 0 Å². The second-order valence-corrected chi connectivity index (χ2v) is 9.46. The van der Waals surface area contributed by atoms with Gasteiger partial charge in [-0.3, -0.25) is 10.3 Å². The molecule has 0 bridgehead atoms. The Morgan fingerprint density at radius 2 is 1.93 bits per heavy atom. The van der Waals surface area contributed by atoms with Gasteiger partial charge < -0.3 is 15.0 Å². The number of hydrogen-bond acceptors (Lipinski definition) is 5. The van der Waals surface area contributed by atoms with Crippen LogP contribution in [-0.2, 0) is 21.1 Å². The van der Waals surface area contributed by atoms with Gasteiger partial charge in [0.1, 0.15) is 0 Å². The number of anilines is 1. The lowest BCUT2D eigenvalue weighted by atomic mass is 10.2. The average Bonchev–Trinajstić information content (AvgIpc) is 2.59. The molecule has 1 fully saturated rings. The molecule has 0 atom stereocenters. The maximum absolute atomic E-state index is 12.1. The molecule has 0 spiro atoms. The van der Waals surface area contributed by atoms with Crippen molar-refractivity contribution in [2.75, 3.05) is 38.3 Å². The first-order chi connectivity index (χ1) is 12.2. The number of nitrogens with zero attached hydrogens (tertiary/aromatic N) is 2. The molecular formula is C17H27IN4O4S. The van der Waals surface area contributed by atoms with Crippen molar-refractivity contribution < 1.29 is 17.9 Å². The van der Waals surface area contributed by atoms with Gasteiger partial charge in [-0.05, 0) is 31.5 Å². The Labute approximate surface area is 177 Å². The summed E-state index contributed by atoms with van der Waals surface area (Å²) in [6.45, 7) is 4.85. The number of aliphatic imine (C=N–C) groups is 1. The van der Waals surface area contributed by atoms with Crippen LogP contribution in [0.2, 0.25) is 0 Å². The van der Waals surface area contributed by atoms with Crippen molar-refractivity contribution >= 4 is 51.6 Å². The number of sulfone groups is 1. The number of methoxy groups -OCH3 is 1. The third-order valence-corrected chi connectivity index (χ3v) is 6.92. The van der Waals surface area contributed by atoms with E-state index in [-0.39, 0.29) is 29.7 Å². The summed E-state index contributed by atoms with van der Waals surface area (Å²) < 4.78 is 28.0. The minimum absolute atomic E-state index is 0. The fraction of sp³-hybridized carbons (Fsp3) is 0.529. The number of ether oxygens (including phenoxy) is 1. The highest BCUT2D eigenvalue weighted by molar-refractivity contribution is 14.0. The van der Waals surface area contributed by atoms with Gasteiger partial charge >= 0.3 is 6.09 Å². The van der Waals surface area contributed by atoms with Crippen LogP contribution in [0, 0.1) is 0 Å². The molecule has 2 rings (SSSR count). The maximum Gasteiger partial charge on any atom is 0.411 e. The van der Waals surface area contributed by atoms with Crippen LogP contribution in [0.15, 0.2) is 29.3 Å². The van der Waals surface area contributed by atoms with Gasteiger partial charge in [-0.2, -0.15) is 0 Å². The summed E-state index contributed by atoms with van der Waals surface area (Å²) in [4.78, 5) is 17.4. The van der Waals surface area contributed by atoms with Crippen molar-refractivity contribution in [3.8, 4) is 0 Å². The van der Waals surface area contributed by atoms with Gasteiger partial charge in [0.2, 0.25) is 0 Å². The highest BCUT2D eigenvalue weighted by Crippen LogP contribution is 2.23. The summed E-state index contributed by atoms with van der Waals surface area (Å²) in [6, 6.07) is 7.34. The van der Waals surface area contributed by atoms with Crippen LogP contribution in [0.5, 0.6) is 0 Å². The monoisotopic (exact) mass is 510 g/mol. The number of halogens is 1. The lowest BCUT2D eigenvalue weighted by Gasteiger charge is -2.39. The number of carbonyl (C=O) groups is 1. The molecule has 0 aromatic heterocycles. The Balaban J connectivity index is 0.00000364. The molecule has 0 radical (unpaired) electrons. The van der Waals surface area contributed by atoms with Crippen LogP contribution in [-0.4, -0.2) is 63.1 Å². The van der Waals surface area contributed by atoms with E-state index in [1.165, 1.54) is 7.11 Å². The van der Waals surface area contributed by atoms with Crippen molar-refractivity contribution in [3.05, 3.63) is 29.8 Å². The second kappa shape index (κ2) is 9.58. The maximum atomic E-state index is 12.1. The number of rotatable bonds is 3. The number of benzene rings is 1. The van der Waals surface area contributed by atoms with Crippen molar-refractivity contribution in [1.82, 2.24) is 10.2 Å². The molecule has 0 unspecified atom stereocenters. The van der Waals surface area contributed by atoms with Crippen molar-refractivity contribution in [2.24, 2.45) is 4.99 Å². The molecule has 1 aromatic carbocycles. The van der Waals surface area contributed by atoms with E-state index in [9.17, 15) is 13.2 Å². The Bertz CT molecular complexity index is 779. The van der Waals surface area contributed by atoms with Gasteiger partial charge in [0, 0.05) is 32.4 Å². The molecule has 1 saturated heterocycles. The van der Waals surface area contributed by atoms with E-state index in [4.69, 9.17) is 0 Å². The van der Waals surface area contributed by atoms with E-state index in [1.54, 1.807) is 33.0 Å². The smallest absolute Gasteiger partial charge is 0.411 e. The van der Waals surface area contributed by atoms with Gasteiger partial charge in [0.15, 0.2) is 15.8 Å². The molecule has 1 heterocycles. The predicted molar refractivity (Wildman–Crippen MR) is 118 cm³/mol. The number of carbonyl (C=O) groups excluding carboxylic acids is 1. The van der Waals surface area contributed by atoms with E-state index >= 15 is 0 Å². The third-order valence-electron chi connectivity index (χ3n) is 4.39. The summed E-state index contributed by atoms with van der Waals surface area (Å²) >= 11 is 0. The summed E-state index contributed by atoms with van der Waals surface area (Å²) in [5.41, 5.74) is 1.65. The van der Waals surface area contributed by atoms with Crippen LogP contribution >= 0.6 is 24.0 Å². The van der Waals surface area contributed by atoms with E-state index < -0.39 is 20.7 Å². The Morgan fingerprint density at radius 1 is 1.30 bits per heavy atom. The quantitative estimate of drug-likeness (QED) is 0.367. The van der Waals surface area contributed by atoms with Crippen LogP contribution in [0.4, 0.5) is 10.5 Å². The Kier molecular flexibility index (Phi) is 8.33. The fourth-order valence-electron chi connectivity index (χ4n) is 2.71. The molecule has 0 saturated carbocycles. The van der Waals surface area contributed by atoms with E-state index in [2.05, 4.69) is 20.4 Å². The highest BCUT2D eigenvalue weighted by atomic mass is 127. The first-order valence-corrected chi connectivity index (χ1v) is 9.95. The molecule has 2 N–H and O–H groups in total. The van der Waals surface area contributed by atoms with E-state index in [0.717, 1.165) is 5.56 Å². The first-order valence-electron chi connectivity index (χ1n) is 8.30. The normalized spacial score (nSPS) is 18.2. The Hall–Kier alpha value is -1.56. The van der Waals surface area contributed by atoms with Gasteiger partial charge in [0.25, 0.3) is 0 Å². The minimum atomic E-state index is -3.09. The molecule has 152 valence electrons. The van der Waals surface area contributed by atoms with Gasteiger partial charge in [0.05, 0.1) is 17.6 Å². The summed E-state index contributed by atoms with van der Waals surface area (Å²) in [7, 11) is -0.0947. The minimum Gasteiger partial charge on any atom is -0.453 e. The molecule has 10 heteroatoms. The number of nitrogens with one attached hydrogen (secondary N) is 2. The zero-order chi connectivity index (χ0) is 19.4. The molecule has 0 aliphatic carbocycles. The van der Waals surface area contributed by atoms with Crippen molar-refractivity contribution in [2.45, 2.75) is 25.1 Å². The van der Waals surface area contributed by atoms with Gasteiger partial charge in [-0.15, -0.1) is 24.0 Å². The Morgan fingerprint density at radius 3 is 2.44 bits per heavy atom. The molecule has 1 amide bonds. The van der Waals surface area contributed by atoms with E-state index in [1.807, 2.05) is 17.0 Å². The van der Waals surface area contributed by atoms with Crippen LogP contribution in [0.1, 0.15) is 19.4 Å². The number of guanidine groups is 1. The molecule has 1 aliphatic rings. The predicted octanol–water partition coefficient (Wildman–Crippen LogP) is 2.07. The largest absolute Gasteiger partial charge is 0.453 e. The molecule has 8 nitrogen and oxygen atoms in total. The number of amides is 1. The van der Waals surface area contributed by atoms with Crippen LogP contribution < -0.4 is 10.6 Å². The third kappa shape index (κ3) is 5.96. The highest BCUT2D eigenvalue weighted by Gasteiger charge is 2.40. The summed E-state index contributed by atoms with van der Waals surface area (Å²) in [5, 5.41) is 5.85. The zero-order valence-electron chi connectivity index (χ0n) is 16.0. The second-order valence-electron chi connectivity index (χ2n) is 6.71. The lowest BCUT2D eigenvalue weighted by molar-refractivity contribution is 0.187. The van der Waals surface area contributed by atoms with E-state index in [0.29, 0.717) is 31.3 Å². The van der Waals surface area contributed by atoms with Gasteiger partial charge in [-0.25, -0.2) is 13.2 Å². The van der Waals surface area contributed by atoms with Crippen LogP contribution in [0.25, 0.3) is 0 Å².